The number of fused-ring (bicyclic) bond motifs is 1. The number of hydrogen-bond donors (Lipinski definition) is 1. The van der Waals surface area contributed by atoms with E-state index in [4.69, 9.17) is 22.1 Å². The molecule has 0 amide bonds. The monoisotopic (exact) mass is 415 g/mol. The summed E-state index contributed by atoms with van der Waals surface area (Å²) in [4.78, 5) is 6.43. The van der Waals surface area contributed by atoms with Crippen molar-refractivity contribution in [2.45, 2.75) is 25.2 Å². The zero-order valence-electron chi connectivity index (χ0n) is 15.1. The molecule has 10 heteroatoms. The summed E-state index contributed by atoms with van der Waals surface area (Å²) in [6.07, 6.45) is -0.140. The average molecular weight is 416 g/mol. The van der Waals surface area contributed by atoms with Crippen molar-refractivity contribution in [2.75, 3.05) is 32.0 Å². The minimum Gasteiger partial charge on any atom is -0.382 e. The van der Waals surface area contributed by atoms with Crippen molar-refractivity contribution < 1.29 is 17.9 Å². The van der Waals surface area contributed by atoms with Gasteiger partial charge in [0.25, 0.3) is 0 Å². The summed E-state index contributed by atoms with van der Waals surface area (Å²) in [5.41, 5.74) is 6.30. The summed E-state index contributed by atoms with van der Waals surface area (Å²) in [7, 11) is 0. The van der Waals surface area contributed by atoms with Crippen LogP contribution in [-0.2, 0) is 11.3 Å². The molecule has 0 radical (unpaired) electrons. The molecule has 6 nitrogen and oxygen atoms in total. The molecule has 1 aliphatic carbocycles. The van der Waals surface area contributed by atoms with E-state index in [1.165, 1.54) is 44.0 Å². The van der Waals surface area contributed by atoms with Gasteiger partial charge in [-0.25, -0.2) is 4.98 Å². The van der Waals surface area contributed by atoms with E-state index >= 15 is 0 Å². The average Bonchev–Trinajstić information content (AvgIpc) is 2.97. The standard InChI is InChI=1S/C10H8ClF3N4.C8H13NO/c11-7-3-6(4-16-9(7)15)8-1-2-18(17-8)5-10(12,13)14;1-6-2-9(3-7(1)6)8-4-10-5-8/h1-4H,5H2,(H2,15,16);6-8H,1-5H2. The van der Waals surface area contributed by atoms with E-state index in [-0.39, 0.29) is 10.8 Å². The number of nitrogens with zero attached hydrogens (tertiary/aromatic N) is 4. The van der Waals surface area contributed by atoms with Gasteiger partial charge in [-0.2, -0.15) is 18.3 Å². The SMILES string of the molecule is C1C2CN(C3COC3)CC12.Nc1ncc(-c2ccn(CC(F)(F)F)n2)cc1Cl. The molecule has 2 aliphatic heterocycles. The maximum Gasteiger partial charge on any atom is 0.408 e. The van der Waals surface area contributed by atoms with Gasteiger partial charge >= 0.3 is 6.18 Å². The lowest BCUT2D eigenvalue weighted by atomic mass is 10.2. The van der Waals surface area contributed by atoms with Crippen LogP contribution in [0.1, 0.15) is 6.42 Å². The fraction of sp³-hybridized carbons (Fsp3) is 0.556. The lowest BCUT2D eigenvalue weighted by Crippen LogP contribution is -2.48. The van der Waals surface area contributed by atoms with Crippen LogP contribution in [0.25, 0.3) is 11.3 Å². The first-order valence-electron chi connectivity index (χ1n) is 9.12. The minimum atomic E-state index is -4.31. The highest BCUT2D eigenvalue weighted by atomic mass is 35.5. The smallest absolute Gasteiger partial charge is 0.382 e. The third kappa shape index (κ3) is 4.59. The Kier molecular flexibility index (Phi) is 5.24. The number of nitrogens with two attached hydrogens (primary N) is 1. The first-order valence-corrected chi connectivity index (χ1v) is 9.49. The maximum atomic E-state index is 12.2. The number of piperidine rings is 1. The van der Waals surface area contributed by atoms with Gasteiger partial charge in [0.2, 0.25) is 0 Å². The minimum absolute atomic E-state index is 0.162. The van der Waals surface area contributed by atoms with Crippen molar-refractivity contribution in [1.29, 1.82) is 0 Å². The van der Waals surface area contributed by atoms with Gasteiger partial charge in [0.05, 0.1) is 30.0 Å². The van der Waals surface area contributed by atoms with Crippen molar-refractivity contribution in [3.05, 3.63) is 29.5 Å². The van der Waals surface area contributed by atoms with Gasteiger partial charge in [-0.15, -0.1) is 0 Å². The van der Waals surface area contributed by atoms with E-state index < -0.39 is 12.7 Å². The maximum absolute atomic E-state index is 12.2. The van der Waals surface area contributed by atoms with Crippen molar-refractivity contribution >= 4 is 17.4 Å². The summed E-state index contributed by atoms with van der Waals surface area (Å²) < 4.78 is 42.4. The highest BCUT2D eigenvalue weighted by Crippen LogP contribution is 2.45. The molecule has 2 unspecified atom stereocenters. The quantitative estimate of drug-likeness (QED) is 0.834. The molecule has 2 N–H and O–H groups in total. The number of anilines is 1. The summed E-state index contributed by atoms with van der Waals surface area (Å²) in [5, 5.41) is 4.03. The fourth-order valence-electron chi connectivity index (χ4n) is 3.54. The lowest BCUT2D eigenvalue weighted by molar-refractivity contribution is -0.142. The molecule has 2 saturated heterocycles. The van der Waals surface area contributed by atoms with E-state index in [1.807, 2.05) is 0 Å². The number of aromatic nitrogens is 3. The van der Waals surface area contributed by atoms with Crippen molar-refractivity contribution in [3.63, 3.8) is 0 Å². The van der Waals surface area contributed by atoms with E-state index in [0.29, 0.717) is 11.3 Å². The van der Waals surface area contributed by atoms with Crippen LogP contribution in [0.4, 0.5) is 19.0 Å². The van der Waals surface area contributed by atoms with Gasteiger partial charge in [-0.3, -0.25) is 9.58 Å². The van der Waals surface area contributed by atoms with Crippen molar-refractivity contribution in [1.82, 2.24) is 19.7 Å². The Hall–Kier alpha value is -1.84. The molecule has 0 bridgehead atoms. The van der Waals surface area contributed by atoms with Crippen LogP contribution < -0.4 is 5.73 Å². The molecular formula is C18H21ClF3N5O. The zero-order chi connectivity index (χ0) is 19.9. The Morgan fingerprint density at radius 3 is 2.54 bits per heavy atom. The Balaban J connectivity index is 0.000000159. The Morgan fingerprint density at radius 1 is 1.25 bits per heavy atom. The number of pyridine rings is 1. The molecule has 4 heterocycles. The largest absolute Gasteiger partial charge is 0.408 e. The van der Waals surface area contributed by atoms with Crippen LogP contribution in [-0.4, -0.2) is 58.2 Å². The normalized spacial score (nSPS) is 24.3. The molecule has 0 aromatic carbocycles. The van der Waals surface area contributed by atoms with Gasteiger partial charge in [0.15, 0.2) is 0 Å². The Labute approximate surface area is 165 Å². The topological polar surface area (TPSA) is 69.2 Å². The highest BCUT2D eigenvalue weighted by Gasteiger charge is 2.47. The van der Waals surface area contributed by atoms with E-state index in [9.17, 15) is 13.2 Å². The van der Waals surface area contributed by atoms with Gasteiger partial charge in [-0.1, -0.05) is 11.6 Å². The predicted molar refractivity (Wildman–Crippen MR) is 98.7 cm³/mol. The van der Waals surface area contributed by atoms with Crippen LogP contribution in [0, 0.1) is 11.8 Å². The molecule has 3 aliphatic rings. The Morgan fingerprint density at radius 2 is 1.96 bits per heavy atom. The van der Waals surface area contributed by atoms with Crippen LogP contribution in [0.5, 0.6) is 0 Å². The van der Waals surface area contributed by atoms with Gasteiger partial charge < -0.3 is 10.5 Å². The van der Waals surface area contributed by atoms with Crippen LogP contribution in [0.15, 0.2) is 24.5 Å². The third-order valence-electron chi connectivity index (χ3n) is 5.29. The second-order valence-electron chi connectivity index (χ2n) is 7.51. The number of rotatable bonds is 3. The number of halogens is 4. The second-order valence-corrected chi connectivity index (χ2v) is 7.91. The number of nitrogen functional groups attached to an aromatic ring is 1. The van der Waals surface area contributed by atoms with Crippen molar-refractivity contribution in [2.24, 2.45) is 11.8 Å². The number of hydrogen-bond acceptors (Lipinski definition) is 5. The Bertz CT molecular complexity index is 829. The molecule has 2 atom stereocenters. The molecule has 2 aromatic heterocycles. The molecule has 152 valence electrons. The first-order chi connectivity index (χ1) is 13.3. The number of likely N-dealkylation sites (tertiary alicyclic amines) is 1. The van der Waals surface area contributed by atoms with Gasteiger partial charge in [0, 0.05) is 31.0 Å². The van der Waals surface area contributed by atoms with Crippen LogP contribution in [0.3, 0.4) is 0 Å². The van der Waals surface area contributed by atoms with Crippen LogP contribution in [0.2, 0.25) is 5.02 Å². The fourth-order valence-corrected chi connectivity index (χ4v) is 3.71. The highest BCUT2D eigenvalue weighted by molar-refractivity contribution is 6.33. The molecule has 1 saturated carbocycles. The molecule has 5 rings (SSSR count). The lowest BCUT2D eigenvalue weighted by Gasteiger charge is -2.35. The van der Waals surface area contributed by atoms with E-state index in [1.54, 1.807) is 0 Å². The summed E-state index contributed by atoms with van der Waals surface area (Å²) in [6.45, 7) is 3.61. The molecule has 3 fully saturated rings. The molecule has 0 spiro atoms. The predicted octanol–water partition coefficient (Wildman–Crippen LogP) is 3.08. The second kappa shape index (κ2) is 7.53. The van der Waals surface area contributed by atoms with Gasteiger partial charge in [-0.05, 0) is 30.4 Å². The third-order valence-corrected chi connectivity index (χ3v) is 5.59. The van der Waals surface area contributed by atoms with Crippen molar-refractivity contribution in [3.8, 4) is 11.3 Å². The molecule has 2 aromatic rings. The van der Waals surface area contributed by atoms with Crippen LogP contribution >= 0.6 is 11.6 Å². The summed E-state index contributed by atoms with van der Waals surface area (Å²) >= 11 is 5.77. The summed E-state index contributed by atoms with van der Waals surface area (Å²) in [5.74, 6) is 2.33. The summed E-state index contributed by atoms with van der Waals surface area (Å²) in [6, 6.07) is 3.76. The first kappa shape index (κ1) is 19.5. The van der Waals surface area contributed by atoms with E-state index in [2.05, 4.69) is 15.0 Å². The molecular weight excluding hydrogens is 395 g/mol. The number of alkyl halides is 3. The van der Waals surface area contributed by atoms with E-state index in [0.717, 1.165) is 35.8 Å². The number of ether oxygens (including phenoxy) is 1. The molecule has 28 heavy (non-hydrogen) atoms. The van der Waals surface area contributed by atoms with Gasteiger partial charge in [0.1, 0.15) is 12.4 Å². The zero-order valence-corrected chi connectivity index (χ0v) is 15.8.